The highest BCUT2D eigenvalue weighted by molar-refractivity contribution is 5.50. The van der Waals surface area contributed by atoms with Crippen LogP contribution < -0.4 is 10.2 Å². The van der Waals surface area contributed by atoms with E-state index in [2.05, 4.69) is 56.2 Å². The maximum Gasteiger partial charge on any atom is 0.0641 e. The molecule has 1 aromatic carbocycles. The molecular weight excluding hydrogens is 236 g/mol. The average Bonchev–Trinajstić information content (AvgIpc) is 2.37. The summed E-state index contributed by atoms with van der Waals surface area (Å²) >= 11 is 0. The smallest absolute Gasteiger partial charge is 0.0641 e. The fourth-order valence-electron chi connectivity index (χ4n) is 1.90. The number of hydrogen-bond acceptors (Lipinski definition) is 3. The number of ether oxygens (including phenoxy) is 1. The van der Waals surface area contributed by atoms with Crippen LogP contribution in [0, 0.1) is 6.92 Å². The molecule has 0 saturated carbocycles. The van der Waals surface area contributed by atoms with Gasteiger partial charge in [-0.3, -0.25) is 0 Å². The number of nitrogens with one attached hydrogen (secondary N) is 1. The minimum Gasteiger partial charge on any atom is -0.380 e. The topological polar surface area (TPSA) is 24.5 Å². The number of hydrogen-bond donors (Lipinski definition) is 1. The molecule has 0 atom stereocenters. The fourth-order valence-corrected chi connectivity index (χ4v) is 1.90. The van der Waals surface area contributed by atoms with Crippen molar-refractivity contribution in [3.8, 4) is 0 Å². The summed E-state index contributed by atoms with van der Waals surface area (Å²) in [4.78, 5) is 2.24. The third-order valence-electron chi connectivity index (χ3n) is 3.24. The molecule has 1 aromatic rings. The first kappa shape index (κ1) is 16.0. The highest BCUT2D eigenvalue weighted by atomic mass is 16.5. The summed E-state index contributed by atoms with van der Waals surface area (Å²) in [7, 11) is 2.11. The summed E-state index contributed by atoms with van der Waals surface area (Å²) < 4.78 is 5.39. The zero-order valence-corrected chi connectivity index (χ0v) is 13.0. The number of rotatable bonds is 8. The Morgan fingerprint density at radius 3 is 2.63 bits per heavy atom. The number of benzene rings is 1. The van der Waals surface area contributed by atoms with Crippen LogP contribution in [0.5, 0.6) is 0 Å². The SMILES string of the molecule is CCOCCN(C)c1ccc(CNC(C)C)c(C)c1. The van der Waals surface area contributed by atoms with Gasteiger partial charge in [0.05, 0.1) is 6.61 Å². The van der Waals surface area contributed by atoms with Gasteiger partial charge in [0, 0.05) is 38.5 Å². The summed E-state index contributed by atoms with van der Waals surface area (Å²) in [6.45, 7) is 12.0. The average molecular weight is 264 g/mol. The molecule has 0 fully saturated rings. The van der Waals surface area contributed by atoms with Gasteiger partial charge >= 0.3 is 0 Å². The van der Waals surface area contributed by atoms with Gasteiger partial charge in [-0.15, -0.1) is 0 Å². The quantitative estimate of drug-likeness (QED) is 0.731. The molecule has 1 N–H and O–H groups in total. The van der Waals surface area contributed by atoms with Crippen LogP contribution in [0.2, 0.25) is 0 Å². The molecule has 3 nitrogen and oxygen atoms in total. The monoisotopic (exact) mass is 264 g/mol. The molecular formula is C16H28N2O. The standard InChI is InChI=1S/C16H28N2O/c1-6-19-10-9-18(5)16-8-7-15(14(4)11-16)12-17-13(2)3/h7-8,11,13,17H,6,9-10,12H2,1-5H3. The Balaban J connectivity index is 2.59. The normalized spacial score (nSPS) is 11.1. The summed E-state index contributed by atoms with van der Waals surface area (Å²) in [6, 6.07) is 7.18. The van der Waals surface area contributed by atoms with E-state index in [4.69, 9.17) is 4.74 Å². The van der Waals surface area contributed by atoms with Crippen molar-refractivity contribution in [1.29, 1.82) is 0 Å². The van der Waals surface area contributed by atoms with E-state index in [0.29, 0.717) is 6.04 Å². The van der Waals surface area contributed by atoms with Crippen LogP contribution in [-0.4, -0.2) is 32.8 Å². The number of likely N-dealkylation sites (N-methyl/N-ethyl adjacent to an activating group) is 1. The molecule has 0 saturated heterocycles. The summed E-state index contributed by atoms with van der Waals surface area (Å²) in [6.07, 6.45) is 0. The van der Waals surface area contributed by atoms with Crippen LogP contribution >= 0.6 is 0 Å². The predicted molar refractivity (Wildman–Crippen MR) is 82.9 cm³/mol. The summed E-state index contributed by atoms with van der Waals surface area (Å²) in [5, 5.41) is 3.46. The Morgan fingerprint density at radius 2 is 2.05 bits per heavy atom. The van der Waals surface area contributed by atoms with E-state index in [1.54, 1.807) is 0 Å². The van der Waals surface area contributed by atoms with Crippen LogP contribution in [0.15, 0.2) is 18.2 Å². The minimum absolute atomic E-state index is 0.521. The second-order valence-corrected chi connectivity index (χ2v) is 5.26. The number of anilines is 1. The predicted octanol–water partition coefficient (Wildman–Crippen LogP) is 2.97. The van der Waals surface area contributed by atoms with Crippen molar-refractivity contribution < 1.29 is 4.74 Å². The van der Waals surface area contributed by atoms with Crippen molar-refractivity contribution in [2.24, 2.45) is 0 Å². The van der Waals surface area contributed by atoms with E-state index in [-0.39, 0.29) is 0 Å². The van der Waals surface area contributed by atoms with Gasteiger partial charge in [-0.05, 0) is 37.1 Å². The van der Waals surface area contributed by atoms with Gasteiger partial charge < -0.3 is 15.0 Å². The highest BCUT2D eigenvalue weighted by Gasteiger charge is 2.04. The molecule has 0 amide bonds. The lowest BCUT2D eigenvalue weighted by Crippen LogP contribution is -2.24. The molecule has 3 heteroatoms. The lowest BCUT2D eigenvalue weighted by molar-refractivity contribution is 0.154. The zero-order valence-electron chi connectivity index (χ0n) is 13.0. The Kier molecular flexibility index (Phi) is 6.89. The van der Waals surface area contributed by atoms with Gasteiger partial charge in [0.1, 0.15) is 0 Å². The lowest BCUT2D eigenvalue weighted by Gasteiger charge is -2.21. The van der Waals surface area contributed by atoms with E-state index < -0.39 is 0 Å². The van der Waals surface area contributed by atoms with Crippen LogP contribution in [0.25, 0.3) is 0 Å². The zero-order chi connectivity index (χ0) is 14.3. The largest absolute Gasteiger partial charge is 0.380 e. The first-order valence-corrected chi connectivity index (χ1v) is 7.16. The van der Waals surface area contributed by atoms with Crippen LogP contribution in [0.1, 0.15) is 31.9 Å². The second kappa shape index (κ2) is 8.18. The van der Waals surface area contributed by atoms with Gasteiger partial charge in [-0.25, -0.2) is 0 Å². The van der Waals surface area contributed by atoms with Gasteiger partial charge in [-0.1, -0.05) is 19.9 Å². The Bertz CT molecular complexity index is 377. The fraction of sp³-hybridized carbons (Fsp3) is 0.625. The first-order valence-electron chi connectivity index (χ1n) is 7.16. The summed E-state index contributed by atoms with van der Waals surface area (Å²) in [5.41, 5.74) is 3.97. The van der Waals surface area contributed by atoms with E-state index >= 15 is 0 Å². The Morgan fingerprint density at radius 1 is 1.32 bits per heavy atom. The van der Waals surface area contributed by atoms with Crippen LogP contribution in [0.3, 0.4) is 0 Å². The van der Waals surface area contributed by atoms with Crippen molar-refractivity contribution in [2.75, 3.05) is 31.7 Å². The third kappa shape index (κ3) is 5.62. The second-order valence-electron chi connectivity index (χ2n) is 5.26. The van der Waals surface area contributed by atoms with E-state index in [1.807, 2.05) is 6.92 Å². The first-order chi connectivity index (χ1) is 9.04. The lowest BCUT2D eigenvalue weighted by atomic mass is 10.1. The molecule has 0 bridgehead atoms. The Hall–Kier alpha value is -1.06. The molecule has 0 heterocycles. The van der Waals surface area contributed by atoms with Crippen molar-refractivity contribution in [3.63, 3.8) is 0 Å². The Labute approximate surface area is 118 Å². The van der Waals surface area contributed by atoms with Crippen LogP contribution in [0.4, 0.5) is 5.69 Å². The maximum absolute atomic E-state index is 5.39. The number of nitrogens with zero attached hydrogens (tertiary/aromatic N) is 1. The molecule has 0 aliphatic heterocycles. The molecule has 0 aliphatic rings. The van der Waals surface area contributed by atoms with Crippen molar-refractivity contribution in [2.45, 2.75) is 40.3 Å². The summed E-state index contributed by atoms with van der Waals surface area (Å²) in [5.74, 6) is 0. The molecule has 108 valence electrons. The van der Waals surface area contributed by atoms with Crippen molar-refractivity contribution in [3.05, 3.63) is 29.3 Å². The molecule has 0 radical (unpaired) electrons. The van der Waals surface area contributed by atoms with E-state index in [0.717, 1.165) is 26.3 Å². The van der Waals surface area contributed by atoms with Gasteiger partial charge in [0.25, 0.3) is 0 Å². The molecule has 0 unspecified atom stereocenters. The molecule has 0 spiro atoms. The van der Waals surface area contributed by atoms with Gasteiger partial charge in [-0.2, -0.15) is 0 Å². The molecule has 0 aliphatic carbocycles. The van der Waals surface area contributed by atoms with Crippen molar-refractivity contribution >= 4 is 5.69 Å². The minimum atomic E-state index is 0.521. The van der Waals surface area contributed by atoms with Crippen molar-refractivity contribution in [1.82, 2.24) is 5.32 Å². The van der Waals surface area contributed by atoms with E-state index in [1.165, 1.54) is 16.8 Å². The molecule has 1 rings (SSSR count). The molecule has 0 aromatic heterocycles. The number of aryl methyl sites for hydroxylation is 1. The molecule has 19 heavy (non-hydrogen) atoms. The highest BCUT2D eigenvalue weighted by Crippen LogP contribution is 2.18. The van der Waals surface area contributed by atoms with Crippen LogP contribution in [-0.2, 0) is 11.3 Å². The third-order valence-corrected chi connectivity index (χ3v) is 3.24. The maximum atomic E-state index is 5.39. The van der Waals surface area contributed by atoms with E-state index in [9.17, 15) is 0 Å². The van der Waals surface area contributed by atoms with Gasteiger partial charge in [0.15, 0.2) is 0 Å². The van der Waals surface area contributed by atoms with Gasteiger partial charge in [0.2, 0.25) is 0 Å².